The molecule has 2 aromatic carbocycles. The molecule has 0 saturated heterocycles. The first-order chi connectivity index (χ1) is 30.1. The van der Waals surface area contributed by atoms with E-state index in [1.54, 1.807) is 24.3 Å². The number of guanidine groups is 1. The third-order valence-corrected chi connectivity index (χ3v) is 9.49. The first kappa shape index (κ1) is 47.0. The van der Waals surface area contributed by atoms with Crippen LogP contribution in [-0.4, -0.2) is 137 Å². The van der Waals surface area contributed by atoms with E-state index in [-0.39, 0.29) is 72.7 Å². The van der Waals surface area contributed by atoms with Crippen LogP contribution < -0.4 is 37.7 Å². The Bertz CT molecular complexity index is 2410. The number of fused-ring (bicyclic) bond motifs is 2. The number of hydrogen-bond acceptors (Lipinski definition) is 15. The average molecular weight is 896 g/mol. The molecule has 2 aromatic rings. The minimum Gasteiger partial charge on any atom is -0.508 e. The molecule has 2 amide bonds. The normalized spacial score (nSPS) is 16.7. The number of hydrogen-bond donors (Lipinski definition) is 12. The Morgan fingerprint density at radius 1 is 0.921 bits per heavy atom. The van der Waals surface area contributed by atoms with E-state index in [9.17, 15) is 49.5 Å². The fourth-order valence-corrected chi connectivity index (χ4v) is 6.82. The van der Waals surface area contributed by atoms with Crippen molar-refractivity contribution in [2.45, 2.75) is 37.3 Å². The summed E-state index contributed by atoms with van der Waals surface area (Å²) in [7, 11) is 0. The molecule has 63 heavy (non-hydrogen) atoms. The number of anilines is 1. The number of carboxylic acid groups (broad SMARTS) is 2. The number of ether oxygens (including phenoxy) is 4. The monoisotopic (exact) mass is 895 g/mol. The topological polar surface area (TPSA) is 347 Å². The lowest BCUT2D eigenvalue weighted by Gasteiger charge is -2.41. The second kappa shape index (κ2) is 21.7. The standard InChI is InChI=1S/C40H45N7O15S/c1-19(49)45-33-27(47-38(41)42)17-31(37(55)56)61-35(33)34(28(52)18-48)62-40(57)44-9-11-59-13-12-58-10-8-43-39(63)46-20-2-5-23(26(14-20)36(53)54)32-24-6-3-21(50)15-29(24)60-30-16-22(51)4-7-25(30)32/h2-7,14-17,27-28,33-35,48,50,52H,8-13,18H2,1H3,(H,44,57)(H,45,49)(H,53,54)(H,55,56)(H4,41,42,47)(H2,43,46,63)/t27-,28+,33+,34+,35+/m0/s1. The van der Waals surface area contributed by atoms with Gasteiger partial charge in [-0.15, -0.1) is 0 Å². The molecular formula is C40H45N7O15S. The van der Waals surface area contributed by atoms with Gasteiger partial charge in [-0.05, 0) is 60.3 Å². The molecule has 0 radical (unpaired) electrons. The molecule has 1 aliphatic carbocycles. The molecule has 5 rings (SSSR count). The van der Waals surface area contributed by atoms with Gasteiger partial charge in [0.25, 0.3) is 0 Å². The maximum Gasteiger partial charge on any atom is 0.407 e. The summed E-state index contributed by atoms with van der Waals surface area (Å²) >= 11 is 5.38. The van der Waals surface area contributed by atoms with Crippen molar-refractivity contribution in [2.24, 2.45) is 5.73 Å². The number of rotatable bonds is 19. The zero-order valence-corrected chi connectivity index (χ0v) is 34.2. The van der Waals surface area contributed by atoms with E-state index in [1.807, 2.05) is 0 Å². The largest absolute Gasteiger partial charge is 0.508 e. The maximum absolute atomic E-state index is 12.7. The molecule has 0 bridgehead atoms. The molecule has 22 nitrogen and oxygen atoms in total. The fraction of sp³-hybridized carbons (Fsp3) is 0.325. The third-order valence-electron chi connectivity index (χ3n) is 9.24. The zero-order chi connectivity index (χ0) is 45.8. The number of aliphatic carboxylic acids is 1. The second-order valence-corrected chi connectivity index (χ2v) is 14.2. The Morgan fingerprint density at radius 3 is 2.27 bits per heavy atom. The second-order valence-electron chi connectivity index (χ2n) is 13.8. The first-order valence-electron chi connectivity index (χ1n) is 19.1. The van der Waals surface area contributed by atoms with Gasteiger partial charge in [0.15, 0.2) is 28.7 Å². The van der Waals surface area contributed by atoms with Crippen molar-refractivity contribution in [1.29, 1.82) is 5.41 Å². The maximum atomic E-state index is 12.7. The van der Waals surface area contributed by atoms with Gasteiger partial charge in [0.1, 0.15) is 23.2 Å². The van der Waals surface area contributed by atoms with Gasteiger partial charge in [-0.2, -0.15) is 0 Å². The van der Waals surface area contributed by atoms with Crippen LogP contribution in [0.5, 0.6) is 5.75 Å². The van der Waals surface area contributed by atoms with Crippen LogP contribution in [0.2, 0.25) is 0 Å². The number of amides is 2. The molecule has 3 aliphatic rings. The van der Waals surface area contributed by atoms with Crippen molar-refractivity contribution in [1.82, 2.24) is 21.3 Å². The number of phenols is 1. The van der Waals surface area contributed by atoms with Gasteiger partial charge >= 0.3 is 18.0 Å². The number of aliphatic hydroxyl groups excluding tert-OH is 2. The number of phenolic OH excluding ortho intramolecular Hbond substituents is 1. The summed E-state index contributed by atoms with van der Waals surface area (Å²) in [6.07, 6.45) is -5.12. The number of thiocarbonyl (C=S) groups is 1. The molecule has 23 heteroatoms. The smallest absolute Gasteiger partial charge is 0.407 e. The van der Waals surface area contributed by atoms with Gasteiger partial charge in [0.05, 0.1) is 50.7 Å². The van der Waals surface area contributed by atoms with E-state index in [2.05, 4.69) is 26.6 Å². The SMILES string of the molecule is CC(=O)N[C@H]1[C@H]([C@H](OC(=O)NCCOCCOCCNC(=S)Nc2ccc(-c3c4ccc(=O)cc-4oc4cc(O)ccc34)c(C(=O)O)c2)[C@H](O)CO)OC(C(=O)O)=C[C@@H]1NC(=N)N. The molecule has 13 N–H and O–H groups in total. The van der Waals surface area contributed by atoms with Crippen LogP contribution in [-0.2, 0) is 28.5 Å². The lowest BCUT2D eigenvalue weighted by Crippen LogP contribution is -2.65. The predicted molar refractivity (Wildman–Crippen MR) is 227 cm³/mol. The summed E-state index contributed by atoms with van der Waals surface area (Å²) in [4.78, 5) is 61.1. The Morgan fingerprint density at radius 2 is 1.62 bits per heavy atom. The average Bonchev–Trinajstić information content (AvgIpc) is 3.22. The summed E-state index contributed by atoms with van der Waals surface area (Å²) in [5, 5.41) is 71.6. The van der Waals surface area contributed by atoms with E-state index < -0.39 is 72.7 Å². The van der Waals surface area contributed by atoms with Crippen LogP contribution in [0.15, 0.2) is 75.6 Å². The number of carbonyl (C=O) groups is 4. The molecule has 2 heterocycles. The molecule has 0 spiro atoms. The number of nitrogens with one attached hydrogen (secondary N) is 6. The van der Waals surface area contributed by atoms with Gasteiger partial charge in [0.2, 0.25) is 11.7 Å². The number of nitrogens with two attached hydrogens (primary N) is 1. The van der Waals surface area contributed by atoms with Crippen molar-refractivity contribution in [3.05, 3.63) is 82.2 Å². The van der Waals surface area contributed by atoms with Gasteiger partial charge < -0.3 is 81.2 Å². The lowest BCUT2D eigenvalue weighted by atomic mass is 9.90. The summed E-state index contributed by atoms with van der Waals surface area (Å²) in [5.41, 5.74) is 7.06. The number of aliphatic hydroxyl groups is 2. The molecule has 0 fully saturated rings. The van der Waals surface area contributed by atoms with E-state index in [4.69, 9.17) is 46.7 Å². The highest BCUT2D eigenvalue weighted by molar-refractivity contribution is 7.80. The van der Waals surface area contributed by atoms with Crippen molar-refractivity contribution >= 4 is 63.9 Å². The van der Waals surface area contributed by atoms with Crippen molar-refractivity contribution in [3.8, 4) is 28.2 Å². The highest BCUT2D eigenvalue weighted by Gasteiger charge is 2.46. The minimum atomic E-state index is -1.79. The van der Waals surface area contributed by atoms with Crippen molar-refractivity contribution < 1.29 is 68.1 Å². The summed E-state index contributed by atoms with van der Waals surface area (Å²) in [6.45, 7) is 0.884. The summed E-state index contributed by atoms with van der Waals surface area (Å²) < 4.78 is 27.7. The highest BCUT2D eigenvalue weighted by Crippen LogP contribution is 2.42. The Kier molecular flexibility index (Phi) is 16.2. The van der Waals surface area contributed by atoms with Crippen LogP contribution in [0.1, 0.15) is 17.3 Å². The van der Waals surface area contributed by atoms with Crippen LogP contribution >= 0.6 is 12.2 Å². The molecule has 336 valence electrons. The third kappa shape index (κ3) is 12.5. The van der Waals surface area contributed by atoms with Gasteiger partial charge in [-0.3, -0.25) is 15.0 Å². The molecule has 0 aromatic heterocycles. The van der Waals surface area contributed by atoms with Crippen molar-refractivity contribution in [3.63, 3.8) is 0 Å². The van der Waals surface area contributed by atoms with Crippen LogP contribution in [0.25, 0.3) is 33.4 Å². The number of carbonyl (C=O) groups excluding carboxylic acids is 2. The number of aromatic carboxylic acids is 1. The zero-order valence-electron chi connectivity index (χ0n) is 33.4. The molecule has 5 atom stereocenters. The van der Waals surface area contributed by atoms with E-state index in [0.717, 1.165) is 13.0 Å². The number of carboxylic acids is 2. The van der Waals surface area contributed by atoms with Crippen LogP contribution in [0.3, 0.4) is 0 Å². The molecular weight excluding hydrogens is 851 g/mol. The Balaban J connectivity index is 1.06. The highest BCUT2D eigenvalue weighted by atomic mass is 32.1. The Hall–Kier alpha value is -7.05. The molecule has 2 aliphatic heterocycles. The van der Waals surface area contributed by atoms with Crippen molar-refractivity contribution in [2.75, 3.05) is 51.4 Å². The quantitative estimate of drug-likeness (QED) is 0.0200. The van der Waals surface area contributed by atoms with Gasteiger partial charge in [-0.1, -0.05) is 6.07 Å². The minimum absolute atomic E-state index is 0.00325. The van der Waals surface area contributed by atoms with Crippen LogP contribution in [0.4, 0.5) is 10.5 Å². The first-order valence-corrected chi connectivity index (χ1v) is 19.5. The number of aromatic hydroxyl groups is 1. The predicted octanol–water partition coefficient (Wildman–Crippen LogP) is 0.460. The van der Waals surface area contributed by atoms with E-state index in [1.165, 1.54) is 30.3 Å². The number of benzene rings is 3. The van der Waals surface area contributed by atoms with Gasteiger partial charge in [-0.25, -0.2) is 14.4 Å². The van der Waals surface area contributed by atoms with Gasteiger partial charge in [0, 0.05) is 54.3 Å². The lowest BCUT2D eigenvalue weighted by molar-refractivity contribution is -0.146. The fourth-order valence-electron chi connectivity index (χ4n) is 6.60. The Labute approximate surface area is 362 Å². The summed E-state index contributed by atoms with van der Waals surface area (Å²) in [5.74, 6) is -4.44. The molecule has 0 unspecified atom stereocenters. The number of alkyl carbamates (subject to hydrolysis) is 1. The van der Waals surface area contributed by atoms with Crippen LogP contribution in [0, 0.1) is 5.41 Å². The molecule has 0 saturated carbocycles. The van der Waals surface area contributed by atoms with E-state index in [0.29, 0.717) is 27.8 Å². The summed E-state index contributed by atoms with van der Waals surface area (Å²) in [6, 6.07) is 11.0. The van der Waals surface area contributed by atoms with E-state index >= 15 is 0 Å².